The van der Waals surface area contributed by atoms with E-state index in [1.54, 1.807) is 12.4 Å². The van der Waals surface area contributed by atoms with Gasteiger partial charge in [0.25, 0.3) is 0 Å². The molecule has 84 valence electrons. The monoisotopic (exact) mass is 233 g/mol. The number of hydrogen-bond acceptors (Lipinski definition) is 4. The summed E-state index contributed by atoms with van der Waals surface area (Å²) in [5, 5.41) is 1.68. The summed E-state index contributed by atoms with van der Waals surface area (Å²) in [6, 6.07) is 4.01. The Morgan fingerprint density at radius 1 is 1.12 bits per heavy atom. The summed E-state index contributed by atoms with van der Waals surface area (Å²) in [6.45, 7) is 4.42. The second-order valence-corrected chi connectivity index (χ2v) is 4.93. The lowest BCUT2D eigenvalue weighted by atomic mass is 10.3. The molecule has 2 aromatic heterocycles. The molecule has 0 bridgehead atoms. The molecule has 16 heavy (non-hydrogen) atoms. The van der Waals surface area contributed by atoms with Crippen LogP contribution in [0.25, 0.3) is 11.2 Å². The van der Waals surface area contributed by atoms with E-state index in [1.165, 1.54) is 12.8 Å². The van der Waals surface area contributed by atoms with Crippen LogP contribution in [-0.2, 0) is 0 Å². The van der Waals surface area contributed by atoms with E-state index in [0.717, 1.165) is 16.2 Å². The third-order valence-corrected chi connectivity index (χ3v) is 3.97. The molecule has 0 N–H and O–H groups in total. The molecular formula is C12H15N3S. The van der Waals surface area contributed by atoms with Crippen LogP contribution in [0.4, 0.5) is 0 Å². The summed E-state index contributed by atoms with van der Waals surface area (Å²) in [7, 11) is 0. The van der Waals surface area contributed by atoms with Gasteiger partial charge < -0.3 is 0 Å². The summed E-state index contributed by atoms with van der Waals surface area (Å²) in [5.74, 6) is 0. The highest BCUT2D eigenvalue weighted by atomic mass is 32.2. The van der Waals surface area contributed by atoms with Gasteiger partial charge in [-0.3, -0.25) is 4.98 Å². The van der Waals surface area contributed by atoms with Crippen molar-refractivity contribution in [2.24, 2.45) is 0 Å². The van der Waals surface area contributed by atoms with Gasteiger partial charge in [-0.15, -0.1) is 11.8 Å². The van der Waals surface area contributed by atoms with Gasteiger partial charge in [-0.1, -0.05) is 13.8 Å². The molecule has 0 aromatic carbocycles. The molecule has 2 heterocycles. The average Bonchev–Trinajstić information content (AvgIpc) is 2.35. The van der Waals surface area contributed by atoms with Gasteiger partial charge >= 0.3 is 0 Å². The number of nitrogens with zero attached hydrogens (tertiary/aromatic N) is 3. The molecule has 0 spiro atoms. The Hall–Kier alpha value is -1.16. The predicted octanol–water partition coefficient (Wildman–Crippen LogP) is 3.31. The number of pyridine rings is 1. The minimum atomic E-state index is 0.640. The Labute approximate surface area is 99.7 Å². The highest BCUT2D eigenvalue weighted by Crippen LogP contribution is 2.26. The molecule has 0 saturated carbocycles. The van der Waals surface area contributed by atoms with E-state index in [-0.39, 0.29) is 0 Å². The molecule has 0 aliphatic heterocycles. The van der Waals surface area contributed by atoms with E-state index in [1.807, 2.05) is 23.9 Å². The number of thioether (sulfide) groups is 1. The normalized spacial score (nSPS) is 11.2. The van der Waals surface area contributed by atoms with Crippen molar-refractivity contribution in [3.05, 3.63) is 24.5 Å². The molecule has 0 atom stereocenters. The maximum Gasteiger partial charge on any atom is 0.179 e. The average molecular weight is 233 g/mol. The Morgan fingerprint density at radius 2 is 1.88 bits per heavy atom. The first-order chi connectivity index (χ1) is 7.83. The molecular weight excluding hydrogens is 218 g/mol. The number of hydrogen-bond donors (Lipinski definition) is 0. The minimum absolute atomic E-state index is 0.640. The van der Waals surface area contributed by atoms with E-state index in [4.69, 9.17) is 0 Å². The zero-order chi connectivity index (χ0) is 11.4. The molecule has 0 radical (unpaired) electrons. The second kappa shape index (κ2) is 5.25. The highest BCUT2D eigenvalue weighted by Gasteiger charge is 2.07. The van der Waals surface area contributed by atoms with Gasteiger partial charge in [0.05, 0.1) is 5.03 Å². The number of fused-ring (bicyclic) bond motifs is 1. The third-order valence-electron chi connectivity index (χ3n) is 2.50. The van der Waals surface area contributed by atoms with Gasteiger partial charge in [0, 0.05) is 17.6 Å². The molecule has 0 aliphatic rings. The van der Waals surface area contributed by atoms with E-state index in [9.17, 15) is 0 Å². The van der Waals surface area contributed by atoms with Crippen molar-refractivity contribution in [3.63, 3.8) is 0 Å². The third kappa shape index (κ3) is 2.50. The molecule has 0 saturated heterocycles. The first-order valence-electron chi connectivity index (χ1n) is 5.58. The predicted molar refractivity (Wildman–Crippen MR) is 67.6 cm³/mol. The lowest BCUT2D eigenvalue weighted by molar-refractivity contribution is 0.790. The molecule has 2 rings (SSSR count). The lowest BCUT2D eigenvalue weighted by Gasteiger charge is -2.10. The highest BCUT2D eigenvalue weighted by molar-refractivity contribution is 7.99. The maximum absolute atomic E-state index is 4.50. The fourth-order valence-corrected chi connectivity index (χ4v) is 2.49. The second-order valence-electron chi connectivity index (χ2n) is 3.60. The smallest absolute Gasteiger partial charge is 0.179 e. The molecule has 0 amide bonds. The van der Waals surface area contributed by atoms with Crippen molar-refractivity contribution in [1.82, 2.24) is 15.0 Å². The fourth-order valence-electron chi connectivity index (χ4n) is 1.53. The number of aromatic nitrogens is 3. The van der Waals surface area contributed by atoms with Crippen LogP contribution in [0.5, 0.6) is 0 Å². The van der Waals surface area contributed by atoms with Crippen LogP contribution in [0.2, 0.25) is 0 Å². The van der Waals surface area contributed by atoms with E-state index < -0.39 is 0 Å². The molecule has 0 unspecified atom stereocenters. The first kappa shape index (κ1) is 11.3. The quantitative estimate of drug-likeness (QED) is 0.759. The van der Waals surface area contributed by atoms with Crippen LogP contribution in [0.15, 0.2) is 29.6 Å². The van der Waals surface area contributed by atoms with E-state index >= 15 is 0 Å². The fraction of sp³-hybridized carbons (Fsp3) is 0.417. The first-order valence-corrected chi connectivity index (χ1v) is 6.46. The van der Waals surface area contributed by atoms with Crippen LogP contribution >= 0.6 is 11.8 Å². The van der Waals surface area contributed by atoms with Crippen molar-refractivity contribution in [2.75, 3.05) is 0 Å². The van der Waals surface area contributed by atoms with Crippen molar-refractivity contribution < 1.29 is 0 Å². The SMILES string of the molecule is CCC(CC)Sc1ccc2nccnc2n1. The topological polar surface area (TPSA) is 38.7 Å². The van der Waals surface area contributed by atoms with Gasteiger partial charge in [-0.05, 0) is 25.0 Å². The molecule has 2 aromatic rings. The Balaban J connectivity index is 2.25. The summed E-state index contributed by atoms with van der Waals surface area (Å²) >= 11 is 1.82. The Morgan fingerprint density at radius 3 is 2.62 bits per heavy atom. The molecule has 0 aliphatic carbocycles. The van der Waals surface area contributed by atoms with Crippen molar-refractivity contribution in [2.45, 2.75) is 37.0 Å². The lowest BCUT2D eigenvalue weighted by Crippen LogP contribution is -1.99. The minimum Gasteiger partial charge on any atom is -0.251 e. The Bertz CT molecular complexity index is 469. The summed E-state index contributed by atoms with van der Waals surface area (Å²) < 4.78 is 0. The summed E-state index contributed by atoms with van der Waals surface area (Å²) in [6.07, 6.45) is 5.71. The van der Waals surface area contributed by atoms with Gasteiger partial charge in [0.2, 0.25) is 0 Å². The molecule has 0 fully saturated rings. The summed E-state index contributed by atoms with van der Waals surface area (Å²) in [5.41, 5.74) is 1.59. The van der Waals surface area contributed by atoms with Crippen LogP contribution in [-0.4, -0.2) is 20.2 Å². The maximum atomic E-state index is 4.50. The molecule has 4 heteroatoms. The van der Waals surface area contributed by atoms with Crippen LogP contribution < -0.4 is 0 Å². The van der Waals surface area contributed by atoms with Gasteiger partial charge in [0.15, 0.2) is 5.65 Å². The van der Waals surface area contributed by atoms with Crippen molar-refractivity contribution in [3.8, 4) is 0 Å². The van der Waals surface area contributed by atoms with Gasteiger partial charge in [-0.25, -0.2) is 9.97 Å². The standard InChI is InChI=1S/C12H15N3S/c1-3-9(4-2)16-11-6-5-10-12(15-11)14-8-7-13-10/h5-9H,3-4H2,1-2H3. The van der Waals surface area contributed by atoms with Crippen LogP contribution in [0.3, 0.4) is 0 Å². The zero-order valence-corrected chi connectivity index (χ0v) is 10.4. The van der Waals surface area contributed by atoms with E-state index in [0.29, 0.717) is 5.25 Å². The van der Waals surface area contributed by atoms with E-state index in [2.05, 4.69) is 28.8 Å². The van der Waals surface area contributed by atoms with Gasteiger partial charge in [-0.2, -0.15) is 0 Å². The van der Waals surface area contributed by atoms with Crippen molar-refractivity contribution >= 4 is 22.9 Å². The zero-order valence-electron chi connectivity index (χ0n) is 9.55. The van der Waals surface area contributed by atoms with Crippen molar-refractivity contribution in [1.29, 1.82) is 0 Å². The largest absolute Gasteiger partial charge is 0.251 e. The number of rotatable bonds is 4. The van der Waals surface area contributed by atoms with Crippen LogP contribution in [0, 0.1) is 0 Å². The molecule has 3 nitrogen and oxygen atoms in total. The Kier molecular flexibility index (Phi) is 3.72. The summed E-state index contributed by atoms with van der Waals surface area (Å²) in [4.78, 5) is 12.9. The van der Waals surface area contributed by atoms with Crippen LogP contribution in [0.1, 0.15) is 26.7 Å². The van der Waals surface area contributed by atoms with Gasteiger partial charge in [0.1, 0.15) is 5.52 Å².